The largest absolute Gasteiger partial charge is 0.341 e. The second kappa shape index (κ2) is 8.57. The van der Waals surface area contributed by atoms with Gasteiger partial charge in [-0.1, -0.05) is 15.9 Å². The first kappa shape index (κ1) is 18.1. The normalized spacial score (nSPS) is 23.8. The van der Waals surface area contributed by atoms with Gasteiger partial charge in [-0.15, -0.1) is 24.2 Å². The van der Waals surface area contributed by atoms with Crippen molar-refractivity contribution in [2.24, 2.45) is 0 Å². The van der Waals surface area contributed by atoms with Gasteiger partial charge in [0.1, 0.15) is 0 Å². The molecular formula is C16H22BrClN2OS. The number of nitrogens with zero attached hydrogens (tertiary/aromatic N) is 1. The van der Waals surface area contributed by atoms with Gasteiger partial charge in [-0.25, -0.2) is 0 Å². The van der Waals surface area contributed by atoms with E-state index in [1.165, 1.54) is 17.7 Å². The molecule has 2 aliphatic rings. The molecule has 0 aliphatic carbocycles. The van der Waals surface area contributed by atoms with E-state index < -0.39 is 0 Å². The number of thioether (sulfide) groups is 1. The van der Waals surface area contributed by atoms with E-state index in [0.29, 0.717) is 24.4 Å². The van der Waals surface area contributed by atoms with Gasteiger partial charge in [0.2, 0.25) is 5.91 Å². The summed E-state index contributed by atoms with van der Waals surface area (Å²) in [4.78, 5) is 15.6. The van der Waals surface area contributed by atoms with Gasteiger partial charge in [-0.05, 0) is 43.5 Å². The molecule has 3 nitrogen and oxygen atoms in total. The zero-order chi connectivity index (χ0) is 14.7. The molecule has 22 heavy (non-hydrogen) atoms. The van der Waals surface area contributed by atoms with Crippen LogP contribution in [0.4, 0.5) is 0 Å². The van der Waals surface area contributed by atoms with E-state index in [4.69, 9.17) is 0 Å². The fourth-order valence-electron chi connectivity index (χ4n) is 3.11. The van der Waals surface area contributed by atoms with Gasteiger partial charge in [0.25, 0.3) is 0 Å². The molecule has 2 atom stereocenters. The van der Waals surface area contributed by atoms with Crippen LogP contribution >= 0.6 is 40.1 Å². The summed E-state index contributed by atoms with van der Waals surface area (Å²) in [6, 6.07) is 9.44. The second-order valence-corrected chi connectivity index (χ2v) is 7.90. The first-order chi connectivity index (χ1) is 10.2. The maximum Gasteiger partial charge on any atom is 0.223 e. The van der Waals surface area contributed by atoms with Crippen LogP contribution < -0.4 is 5.32 Å². The maximum absolute atomic E-state index is 12.3. The third-order valence-electron chi connectivity index (χ3n) is 4.27. The minimum atomic E-state index is 0. The predicted octanol–water partition coefficient (Wildman–Crippen LogP) is 3.71. The molecule has 0 radical (unpaired) electrons. The molecule has 2 bridgehead atoms. The Morgan fingerprint density at radius 3 is 2.73 bits per heavy atom. The highest BCUT2D eigenvalue weighted by atomic mass is 79.9. The molecule has 2 aliphatic heterocycles. The van der Waals surface area contributed by atoms with Crippen molar-refractivity contribution in [1.29, 1.82) is 0 Å². The molecule has 0 saturated carbocycles. The summed E-state index contributed by atoms with van der Waals surface area (Å²) in [5, 5.41) is 3.62. The van der Waals surface area contributed by atoms with Crippen LogP contribution in [-0.4, -0.2) is 41.7 Å². The smallest absolute Gasteiger partial charge is 0.223 e. The fraction of sp³-hybridized carbons (Fsp3) is 0.562. The summed E-state index contributed by atoms with van der Waals surface area (Å²) in [5.41, 5.74) is 0. The Morgan fingerprint density at radius 1 is 1.23 bits per heavy atom. The Balaban J connectivity index is 0.00000176. The third-order valence-corrected chi connectivity index (χ3v) is 5.82. The molecule has 3 rings (SSSR count). The number of hydrogen-bond donors (Lipinski definition) is 1. The first-order valence-electron chi connectivity index (χ1n) is 7.63. The lowest BCUT2D eigenvalue weighted by molar-refractivity contribution is -0.130. The quantitative estimate of drug-likeness (QED) is 0.775. The van der Waals surface area contributed by atoms with Gasteiger partial charge in [-0.3, -0.25) is 4.79 Å². The van der Waals surface area contributed by atoms with Crippen LogP contribution in [0.15, 0.2) is 33.6 Å². The number of carbonyl (C=O) groups is 1. The van der Waals surface area contributed by atoms with Crippen LogP contribution in [0.2, 0.25) is 0 Å². The predicted molar refractivity (Wildman–Crippen MR) is 97.9 cm³/mol. The lowest BCUT2D eigenvalue weighted by atomic mass is 10.1. The fourth-order valence-corrected chi connectivity index (χ4v) is 4.22. The Bertz CT molecular complexity index is 499. The zero-order valence-electron chi connectivity index (χ0n) is 12.5. The molecule has 1 amide bonds. The van der Waals surface area contributed by atoms with Crippen molar-refractivity contribution in [3.63, 3.8) is 0 Å². The highest BCUT2D eigenvalue weighted by Crippen LogP contribution is 2.23. The number of nitrogens with one attached hydrogen (secondary N) is 1. The van der Waals surface area contributed by atoms with E-state index in [1.54, 1.807) is 11.8 Å². The summed E-state index contributed by atoms with van der Waals surface area (Å²) in [6.45, 7) is 1.83. The Kier molecular flexibility index (Phi) is 7.06. The number of rotatable bonds is 4. The van der Waals surface area contributed by atoms with E-state index in [2.05, 4.69) is 38.3 Å². The van der Waals surface area contributed by atoms with Crippen LogP contribution in [0, 0.1) is 0 Å². The number of amides is 1. The number of benzene rings is 1. The minimum absolute atomic E-state index is 0. The van der Waals surface area contributed by atoms with Crippen molar-refractivity contribution in [2.45, 2.75) is 42.7 Å². The molecular weight excluding hydrogens is 384 g/mol. The lowest BCUT2D eigenvalue weighted by Crippen LogP contribution is -2.39. The number of likely N-dealkylation sites (tertiary alicyclic amines) is 1. The van der Waals surface area contributed by atoms with Crippen molar-refractivity contribution in [3.05, 3.63) is 28.7 Å². The molecule has 2 fully saturated rings. The molecule has 2 heterocycles. The maximum atomic E-state index is 12.3. The van der Waals surface area contributed by atoms with Crippen LogP contribution in [0.5, 0.6) is 0 Å². The summed E-state index contributed by atoms with van der Waals surface area (Å²) in [6.07, 6.45) is 4.26. The molecule has 0 aromatic heterocycles. The number of carbonyl (C=O) groups excluding carboxylic acids is 1. The van der Waals surface area contributed by atoms with Gasteiger partial charge in [0, 0.05) is 46.7 Å². The van der Waals surface area contributed by atoms with E-state index in [9.17, 15) is 4.79 Å². The number of hydrogen-bond acceptors (Lipinski definition) is 3. The Morgan fingerprint density at radius 2 is 1.95 bits per heavy atom. The van der Waals surface area contributed by atoms with Crippen LogP contribution in [-0.2, 0) is 4.79 Å². The van der Waals surface area contributed by atoms with Crippen LogP contribution in [0.1, 0.15) is 25.7 Å². The van der Waals surface area contributed by atoms with E-state index in [-0.39, 0.29) is 12.4 Å². The van der Waals surface area contributed by atoms with Crippen LogP contribution in [0.3, 0.4) is 0 Å². The van der Waals surface area contributed by atoms with E-state index in [1.807, 2.05) is 12.1 Å². The number of halogens is 2. The highest BCUT2D eigenvalue weighted by molar-refractivity contribution is 9.10. The lowest BCUT2D eigenvalue weighted by Gasteiger charge is -2.24. The summed E-state index contributed by atoms with van der Waals surface area (Å²) in [7, 11) is 0. The molecule has 2 saturated heterocycles. The van der Waals surface area contributed by atoms with Crippen molar-refractivity contribution in [2.75, 3.05) is 18.8 Å². The minimum Gasteiger partial charge on any atom is -0.341 e. The van der Waals surface area contributed by atoms with Gasteiger partial charge >= 0.3 is 0 Å². The number of fused-ring (bicyclic) bond motifs is 2. The van der Waals surface area contributed by atoms with Gasteiger partial charge < -0.3 is 10.2 Å². The second-order valence-electron chi connectivity index (χ2n) is 5.82. The molecule has 6 heteroatoms. The standard InChI is InChI=1S/C16H21BrN2OS.ClH/c17-12-1-5-15(6-2-12)21-10-8-16(20)19-9-7-13-3-4-14(11-19)18-13;/h1-2,5-6,13-14,18H,3-4,7-11H2;1H. The highest BCUT2D eigenvalue weighted by Gasteiger charge is 2.30. The van der Waals surface area contributed by atoms with Gasteiger partial charge in [0.05, 0.1) is 0 Å². The van der Waals surface area contributed by atoms with Crippen molar-refractivity contribution < 1.29 is 4.79 Å². The van der Waals surface area contributed by atoms with E-state index in [0.717, 1.165) is 29.7 Å². The SMILES string of the molecule is Cl.O=C(CCSc1ccc(Br)cc1)N1CCC2CCC(C1)N2. The molecule has 2 unspecified atom stereocenters. The Hall–Kier alpha value is -0.230. The van der Waals surface area contributed by atoms with Crippen molar-refractivity contribution in [3.8, 4) is 0 Å². The Labute approximate surface area is 151 Å². The molecule has 1 N–H and O–H groups in total. The first-order valence-corrected chi connectivity index (χ1v) is 9.41. The van der Waals surface area contributed by atoms with Gasteiger partial charge in [-0.2, -0.15) is 0 Å². The molecule has 122 valence electrons. The summed E-state index contributed by atoms with van der Waals surface area (Å²) >= 11 is 5.19. The summed E-state index contributed by atoms with van der Waals surface area (Å²) < 4.78 is 1.09. The van der Waals surface area contributed by atoms with Crippen LogP contribution in [0.25, 0.3) is 0 Å². The average Bonchev–Trinajstić information content (AvgIpc) is 2.80. The molecule has 1 aromatic rings. The molecule has 0 spiro atoms. The average molecular weight is 406 g/mol. The zero-order valence-corrected chi connectivity index (χ0v) is 15.7. The van der Waals surface area contributed by atoms with Crippen molar-refractivity contribution in [1.82, 2.24) is 10.2 Å². The van der Waals surface area contributed by atoms with Crippen molar-refractivity contribution >= 4 is 46.0 Å². The van der Waals surface area contributed by atoms with Gasteiger partial charge in [0.15, 0.2) is 0 Å². The molecule has 1 aromatic carbocycles. The topological polar surface area (TPSA) is 32.3 Å². The monoisotopic (exact) mass is 404 g/mol. The van der Waals surface area contributed by atoms with E-state index >= 15 is 0 Å². The third kappa shape index (κ3) is 4.88. The summed E-state index contributed by atoms with van der Waals surface area (Å²) in [5.74, 6) is 1.17.